The average Bonchev–Trinajstić information content (AvgIpc) is 2.14. The first-order chi connectivity index (χ1) is 5.93. The Bertz CT molecular complexity index is 107. The number of nitrogens with zero attached hydrogens (tertiary/aromatic N) is 1. The van der Waals surface area contributed by atoms with Crippen LogP contribution in [-0.2, 0) is 4.74 Å². The number of hydrogen-bond acceptors (Lipinski definition) is 4. The summed E-state index contributed by atoms with van der Waals surface area (Å²) in [5.41, 5.74) is 0. The van der Waals surface area contributed by atoms with Crippen LogP contribution in [0.2, 0.25) is 0 Å². The zero-order valence-electron chi connectivity index (χ0n) is 7.71. The van der Waals surface area contributed by atoms with Gasteiger partial charge in [0.05, 0.1) is 13.2 Å². The Morgan fingerprint density at radius 3 is 2.83 bits per heavy atom. The molecule has 4 heteroatoms. The number of rotatable bonds is 5. The van der Waals surface area contributed by atoms with E-state index in [9.17, 15) is 0 Å². The Morgan fingerprint density at radius 2 is 2.17 bits per heavy atom. The number of morpholine rings is 1. The predicted molar refractivity (Wildman–Crippen MR) is 53.4 cm³/mol. The van der Waals surface area contributed by atoms with Crippen LogP contribution >= 0.6 is 11.9 Å². The van der Waals surface area contributed by atoms with Crippen molar-refractivity contribution in [2.45, 2.75) is 6.92 Å². The Balaban J connectivity index is 1.91. The van der Waals surface area contributed by atoms with Crippen LogP contribution in [0.3, 0.4) is 0 Å². The molecule has 1 heterocycles. The molecule has 3 nitrogen and oxygen atoms in total. The lowest BCUT2D eigenvalue weighted by Crippen LogP contribution is -2.39. The van der Waals surface area contributed by atoms with Crippen LogP contribution in [0.1, 0.15) is 6.92 Å². The number of ether oxygens (including phenoxy) is 1. The maximum atomic E-state index is 5.26. The first-order valence-corrected chi connectivity index (χ1v) is 5.57. The van der Waals surface area contributed by atoms with Crippen molar-refractivity contribution in [3.8, 4) is 0 Å². The zero-order valence-corrected chi connectivity index (χ0v) is 8.53. The largest absolute Gasteiger partial charge is 0.379 e. The molecular formula is C8H18N2OS. The molecule has 0 amide bonds. The quantitative estimate of drug-likeness (QED) is 0.506. The summed E-state index contributed by atoms with van der Waals surface area (Å²) >= 11 is 1.79. The fraction of sp³-hybridized carbons (Fsp3) is 1.00. The highest BCUT2D eigenvalue weighted by molar-refractivity contribution is 7.97. The molecule has 0 bridgehead atoms. The molecule has 0 aromatic carbocycles. The van der Waals surface area contributed by atoms with Crippen LogP contribution in [-0.4, -0.2) is 50.0 Å². The summed E-state index contributed by atoms with van der Waals surface area (Å²) in [7, 11) is 0. The molecule has 0 spiro atoms. The Labute approximate surface area is 79.0 Å². The van der Waals surface area contributed by atoms with E-state index in [0.29, 0.717) is 0 Å². The van der Waals surface area contributed by atoms with Gasteiger partial charge in [0.1, 0.15) is 0 Å². The molecule has 1 fully saturated rings. The third-order valence-electron chi connectivity index (χ3n) is 1.88. The van der Waals surface area contributed by atoms with Gasteiger partial charge in [-0.2, -0.15) is 0 Å². The first kappa shape index (κ1) is 10.3. The van der Waals surface area contributed by atoms with Gasteiger partial charge in [0.2, 0.25) is 0 Å². The lowest BCUT2D eigenvalue weighted by molar-refractivity contribution is 0.0391. The van der Waals surface area contributed by atoms with Gasteiger partial charge in [-0.3, -0.25) is 9.62 Å². The van der Waals surface area contributed by atoms with E-state index in [1.54, 1.807) is 11.9 Å². The molecule has 0 atom stereocenters. The van der Waals surface area contributed by atoms with Crippen molar-refractivity contribution in [2.24, 2.45) is 0 Å². The van der Waals surface area contributed by atoms with Crippen molar-refractivity contribution < 1.29 is 4.74 Å². The van der Waals surface area contributed by atoms with E-state index in [0.717, 1.165) is 45.1 Å². The Hall–Kier alpha value is 0.230. The molecule has 12 heavy (non-hydrogen) atoms. The molecule has 0 radical (unpaired) electrons. The second-order valence-electron chi connectivity index (χ2n) is 2.78. The Morgan fingerprint density at radius 1 is 1.42 bits per heavy atom. The van der Waals surface area contributed by atoms with Gasteiger partial charge in [-0.15, -0.1) is 0 Å². The van der Waals surface area contributed by atoms with Crippen molar-refractivity contribution in [3.05, 3.63) is 0 Å². The molecule has 0 aromatic heterocycles. The highest BCUT2D eigenvalue weighted by atomic mass is 32.2. The molecule has 1 aliphatic heterocycles. The molecule has 0 unspecified atom stereocenters. The lowest BCUT2D eigenvalue weighted by atomic mass is 10.4. The minimum atomic E-state index is 0.904. The molecular weight excluding hydrogens is 172 g/mol. The van der Waals surface area contributed by atoms with Crippen LogP contribution in [0.15, 0.2) is 0 Å². The van der Waals surface area contributed by atoms with Crippen LogP contribution in [0, 0.1) is 0 Å². The molecule has 0 aromatic rings. The van der Waals surface area contributed by atoms with E-state index in [2.05, 4.69) is 16.5 Å². The second-order valence-corrected chi connectivity index (χ2v) is 3.94. The van der Waals surface area contributed by atoms with E-state index < -0.39 is 0 Å². The van der Waals surface area contributed by atoms with Crippen LogP contribution in [0.25, 0.3) is 0 Å². The van der Waals surface area contributed by atoms with Crippen molar-refractivity contribution in [2.75, 3.05) is 45.1 Å². The molecule has 0 saturated carbocycles. The van der Waals surface area contributed by atoms with E-state index >= 15 is 0 Å². The van der Waals surface area contributed by atoms with Gasteiger partial charge in [0.15, 0.2) is 0 Å². The summed E-state index contributed by atoms with van der Waals surface area (Å²) in [5.74, 6) is 1.14. The summed E-state index contributed by atoms with van der Waals surface area (Å²) in [4.78, 5) is 2.44. The van der Waals surface area contributed by atoms with E-state index in [-0.39, 0.29) is 0 Å². The average molecular weight is 190 g/mol. The normalized spacial score (nSPS) is 19.8. The second kappa shape index (κ2) is 6.71. The number of nitrogens with one attached hydrogen (secondary N) is 1. The Kier molecular flexibility index (Phi) is 5.77. The van der Waals surface area contributed by atoms with Crippen molar-refractivity contribution in [1.29, 1.82) is 0 Å². The smallest absolute Gasteiger partial charge is 0.0594 e. The summed E-state index contributed by atoms with van der Waals surface area (Å²) in [6.07, 6.45) is 0. The molecule has 0 aliphatic carbocycles. The predicted octanol–water partition coefficient (Wildman–Crippen LogP) is 0.576. The van der Waals surface area contributed by atoms with Crippen molar-refractivity contribution >= 4 is 11.9 Å². The van der Waals surface area contributed by atoms with Crippen LogP contribution in [0.5, 0.6) is 0 Å². The number of hydrogen-bond donors (Lipinski definition) is 1. The first-order valence-electron chi connectivity index (χ1n) is 4.58. The van der Waals surface area contributed by atoms with Crippen molar-refractivity contribution in [1.82, 2.24) is 9.62 Å². The summed E-state index contributed by atoms with van der Waals surface area (Å²) in [6.45, 7) is 8.39. The fourth-order valence-electron chi connectivity index (χ4n) is 1.20. The van der Waals surface area contributed by atoms with Gasteiger partial charge in [0, 0.05) is 31.9 Å². The van der Waals surface area contributed by atoms with Gasteiger partial charge in [-0.25, -0.2) is 0 Å². The molecule has 1 N–H and O–H groups in total. The van der Waals surface area contributed by atoms with Gasteiger partial charge < -0.3 is 4.74 Å². The third kappa shape index (κ3) is 4.30. The molecule has 1 aliphatic rings. The highest BCUT2D eigenvalue weighted by Crippen LogP contribution is 1.96. The van der Waals surface area contributed by atoms with Crippen molar-refractivity contribution in [3.63, 3.8) is 0 Å². The highest BCUT2D eigenvalue weighted by Gasteiger charge is 2.08. The minimum Gasteiger partial charge on any atom is -0.379 e. The molecule has 1 rings (SSSR count). The standard InChI is InChI=1S/C8H18N2OS/c1-2-12-9-3-4-10-5-7-11-8-6-10/h9H,2-8H2,1H3. The van der Waals surface area contributed by atoms with Crippen LogP contribution in [0.4, 0.5) is 0 Å². The van der Waals surface area contributed by atoms with Crippen LogP contribution < -0.4 is 4.72 Å². The zero-order chi connectivity index (χ0) is 8.65. The van der Waals surface area contributed by atoms with E-state index in [4.69, 9.17) is 4.74 Å². The molecule has 1 saturated heterocycles. The topological polar surface area (TPSA) is 24.5 Å². The minimum absolute atomic E-state index is 0.904. The van der Waals surface area contributed by atoms with E-state index in [1.165, 1.54) is 0 Å². The maximum Gasteiger partial charge on any atom is 0.0594 e. The SMILES string of the molecule is CCSNCCN1CCOCC1. The molecule has 72 valence electrons. The summed E-state index contributed by atoms with van der Waals surface area (Å²) in [5, 5.41) is 0. The van der Waals surface area contributed by atoms with Gasteiger partial charge in [-0.05, 0) is 0 Å². The lowest BCUT2D eigenvalue weighted by Gasteiger charge is -2.26. The summed E-state index contributed by atoms with van der Waals surface area (Å²) in [6, 6.07) is 0. The fourth-order valence-corrected chi connectivity index (χ4v) is 1.64. The van der Waals surface area contributed by atoms with Gasteiger partial charge >= 0.3 is 0 Å². The van der Waals surface area contributed by atoms with E-state index in [1.807, 2.05) is 0 Å². The summed E-state index contributed by atoms with van der Waals surface area (Å²) < 4.78 is 8.58. The monoisotopic (exact) mass is 190 g/mol. The third-order valence-corrected chi connectivity index (χ3v) is 2.58. The van der Waals surface area contributed by atoms with Gasteiger partial charge in [0.25, 0.3) is 0 Å². The van der Waals surface area contributed by atoms with Gasteiger partial charge in [-0.1, -0.05) is 18.9 Å². The maximum absolute atomic E-state index is 5.26.